The first-order chi connectivity index (χ1) is 13.3. The van der Waals surface area contributed by atoms with Crippen LogP contribution in [-0.4, -0.2) is 79.4 Å². The van der Waals surface area contributed by atoms with Gasteiger partial charge in [-0.25, -0.2) is 12.7 Å². The summed E-state index contributed by atoms with van der Waals surface area (Å²) in [5.41, 5.74) is -0.255. The second kappa shape index (κ2) is 7.15. The predicted octanol–water partition coefficient (Wildman–Crippen LogP) is 1.18. The molecule has 3 aliphatic rings. The molecule has 2 amide bonds. The van der Waals surface area contributed by atoms with Crippen molar-refractivity contribution in [1.82, 2.24) is 14.1 Å². The Balaban J connectivity index is 1.67. The van der Waals surface area contributed by atoms with E-state index in [1.807, 2.05) is 23.1 Å². The van der Waals surface area contributed by atoms with Crippen molar-refractivity contribution >= 4 is 21.8 Å². The fourth-order valence-corrected chi connectivity index (χ4v) is 6.60. The summed E-state index contributed by atoms with van der Waals surface area (Å²) in [7, 11) is -1.77. The van der Waals surface area contributed by atoms with Gasteiger partial charge >= 0.3 is 0 Å². The van der Waals surface area contributed by atoms with E-state index in [-0.39, 0.29) is 36.6 Å². The van der Waals surface area contributed by atoms with Crippen molar-refractivity contribution < 1.29 is 18.0 Å². The van der Waals surface area contributed by atoms with Gasteiger partial charge in [0.05, 0.1) is 11.2 Å². The summed E-state index contributed by atoms with van der Waals surface area (Å²) in [6.07, 6.45) is 2.71. The highest BCUT2D eigenvalue weighted by Gasteiger charge is 2.57. The number of hydrogen-bond acceptors (Lipinski definition) is 4. The summed E-state index contributed by atoms with van der Waals surface area (Å²) in [5.74, 6) is -0.126. The number of amides is 2. The van der Waals surface area contributed by atoms with E-state index in [1.54, 1.807) is 24.1 Å². The minimum Gasteiger partial charge on any atom is -0.342 e. The number of rotatable bonds is 2. The van der Waals surface area contributed by atoms with Gasteiger partial charge < -0.3 is 9.80 Å². The van der Waals surface area contributed by atoms with Crippen LogP contribution >= 0.6 is 0 Å². The standard InChI is InChI=1S/C20H27N3O4S/c1-21-17-9-13-23(18(24)16-7-3-2-4-8-16)15-20(17,10-14-28(21,26)27)19(25)22-11-5-6-12-22/h2-4,7-8,17H,5-6,9-15H2,1H3/t17-,20+/m1/s1. The SMILES string of the molecule is CN1[C@@H]2CCN(C(=O)c3ccccc3)C[C@@]2(C(=O)N2CCCC2)CCS1(=O)=O. The lowest BCUT2D eigenvalue weighted by Gasteiger charge is -2.53. The Morgan fingerprint density at radius 3 is 2.39 bits per heavy atom. The average molecular weight is 406 g/mol. The molecule has 7 nitrogen and oxygen atoms in total. The molecule has 0 unspecified atom stereocenters. The van der Waals surface area contributed by atoms with Crippen LogP contribution in [-0.2, 0) is 14.8 Å². The van der Waals surface area contributed by atoms with Gasteiger partial charge in [0, 0.05) is 44.8 Å². The summed E-state index contributed by atoms with van der Waals surface area (Å²) >= 11 is 0. The summed E-state index contributed by atoms with van der Waals surface area (Å²) < 4.78 is 26.4. The number of sulfonamides is 1. The molecule has 0 aliphatic carbocycles. The van der Waals surface area contributed by atoms with Gasteiger partial charge in [0.1, 0.15) is 0 Å². The molecule has 3 aliphatic heterocycles. The number of hydrogen-bond donors (Lipinski definition) is 0. The van der Waals surface area contributed by atoms with Crippen LogP contribution in [0.25, 0.3) is 0 Å². The number of piperidine rings is 1. The van der Waals surface area contributed by atoms with Gasteiger partial charge in [0.15, 0.2) is 0 Å². The molecule has 152 valence electrons. The van der Waals surface area contributed by atoms with Gasteiger partial charge in [-0.3, -0.25) is 9.59 Å². The van der Waals surface area contributed by atoms with Crippen LogP contribution in [0, 0.1) is 5.41 Å². The van der Waals surface area contributed by atoms with Crippen molar-refractivity contribution in [2.24, 2.45) is 5.41 Å². The molecule has 1 aromatic rings. The number of benzene rings is 1. The van der Waals surface area contributed by atoms with E-state index < -0.39 is 15.4 Å². The van der Waals surface area contributed by atoms with E-state index in [0.29, 0.717) is 18.5 Å². The Morgan fingerprint density at radius 1 is 1.04 bits per heavy atom. The van der Waals surface area contributed by atoms with Crippen molar-refractivity contribution in [1.29, 1.82) is 0 Å². The average Bonchev–Trinajstić information content (AvgIpc) is 3.25. The maximum Gasteiger partial charge on any atom is 0.253 e. The first-order valence-corrected chi connectivity index (χ1v) is 11.6. The number of nitrogens with zero attached hydrogens (tertiary/aromatic N) is 3. The van der Waals surface area contributed by atoms with Crippen LogP contribution in [0.3, 0.4) is 0 Å². The lowest BCUT2D eigenvalue weighted by molar-refractivity contribution is -0.148. The zero-order chi connectivity index (χ0) is 19.9. The fourth-order valence-electron chi connectivity index (χ4n) is 4.99. The fraction of sp³-hybridized carbons (Fsp3) is 0.600. The monoisotopic (exact) mass is 405 g/mol. The van der Waals surface area contributed by atoms with Gasteiger partial charge in [-0.15, -0.1) is 0 Å². The third-order valence-electron chi connectivity index (χ3n) is 6.59. The number of likely N-dealkylation sites (tertiary alicyclic amines) is 2. The van der Waals surface area contributed by atoms with E-state index in [2.05, 4.69) is 0 Å². The lowest BCUT2D eigenvalue weighted by Crippen LogP contribution is -2.67. The van der Waals surface area contributed by atoms with E-state index in [0.717, 1.165) is 25.9 Å². The Hall–Kier alpha value is -1.93. The molecule has 28 heavy (non-hydrogen) atoms. The number of carbonyl (C=O) groups is 2. The van der Waals surface area contributed by atoms with Crippen LogP contribution in [0.4, 0.5) is 0 Å². The minimum atomic E-state index is -3.36. The van der Waals surface area contributed by atoms with Crippen LogP contribution in [0.15, 0.2) is 30.3 Å². The van der Waals surface area contributed by atoms with Crippen molar-refractivity contribution in [3.8, 4) is 0 Å². The maximum absolute atomic E-state index is 13.6. The first kappa shape index (κ1) is 19.4. The molecule has 0 radical (unpaired) electrons. The van der Waals surface area contributed by atoms with Crippen LogP contribution in [0.1, 0.15) is 36.0 Å². The minimum absolute atomic E-state index is 0.0160. The molecule has 0 N–H and O–H groups in total. The first-order valence-electron chi connectivity index (χ1n) is 9.95. The summed E-state index contributed by atoms with van der Waals surface area (Å²) in [6, 6.07) is 8.68. The molecular weight excluding hydrogens is 378 g/mol. The zero-order valence-electron chi connectivity index (χ0n) is 16.2. The summed E-state index contributed by atoms with van der Waals surface area (Å²) in [5, 5.41) is 0. The van der Waals surface area contributed by atoms with E-state index in [9.17, 15) is 18.0 Å². The molecule has 3 fully saturated rings. The van der Waals surface area contributed by atoms with E-state index in [1.165, 1.54) is 4.31 Å². The molecule has 0 saturated carbocycles. The van der Waals surface area contributed by atoms with Gasteiger partial charge in [-0.05, 0) is 37.8 Å². The van der Waals surface area contributed by atoms with Crippen molar-refractivity contribution in [3.63, 3.8) is 0 Å². The molecule has 3 heterocycles. The second-order valence-corrected chi connectivity index (χ2v) is 10.3. The summed E-state index contributed by atoms with van der Waals surface area (Å²) in [6.45, 7) is 2.17. The Labute approximate surface area is 166 Å². The van der Waals surface area contributed by atoms with Crippen LogP contribution in [0.5, 0.6) is 0 Å². The van der Waals surface area contributed by atoms with Gasteiger partial charge in [-0.2, -0.15) is 0 Å². The van der Waals surface area contributed by atoms with Crippen LogP contribution in [0.2, 0.25) is 0 Å². The van der Waals surface area contributed by atoms with Gasteiger partial charge in [-0.1, -0.05) is 18.2 Å². The molecule has 3 saturated heterocycles. The van der Waals surface area contributed by atoms with Crippen molar-refractivity contribution in [3.05, 3.63) is 35.9 Å². The molecule has 2 atom stereocenters. The second-order valence-electron chi connectivity index (χ2n) is 8.13. The number of fused-ring (bicyclic) bond motifs is 1. The lowest BCUT2D eigenvalue weighted by atomic mass is 9.71. The third kappa shape index (κ3) is 3.12. The Kier molecular flexibility index (Phi) is 4.95. The molecule has 0 spiro atoms. The van der Waals surface area contributed by atoms with E-state index >= 15 is 0 Å². The number of carbonyl (C=O) groups excluding carboxylic acids is 2. The Bertz CT molecular complexity index is 867. The largest absolute Gasteiger partial charge is 0.342 e. The van der Waals surface area contributed by atoms with Gasteiger partial charge in [0.25, 0.3) is 5.91 Å². The molecule has 1 aromatic carbocycles. The molecule has 0 aromatic heterocycles. The molecular formula is C20H27N3O4S. The molecule has 4 rings (SSSR count). The predicted molar refractivity (Wildman–Crippen MR) is 105 cm³/mol. The zero-order valence-corrected chi connectivity index (χ0v) is 17.0. The highest BCUT2D eigenvalue weighted by Crippen LogP contribution is 2.44. The maximum atomic E-state index is 13.6. The normalized spacial score (nSPS) is 30.1. The molecule has 0 bridgehead atoms. The highest BCUT2D eigenvalue weighted by molar-refractivity contribution is 7.89. The van der Waals surface area contributed by atoms with Crippen molar-refractivity contribution in [2.75, 3.05) is 39.0 Å². The van der Waals surface area contributed by atoms with Crippen molar-refractivity contribution in [2.45, 2.75) is 31.7 Å². The van der Waals surface area contributed by atoms with E-state index in [4.69, 9.17) is 0 Å². The topological polar surface area (TPSA) is 78.0 Å². The third-order valence-corrected chi connectivity index (χ3v) is 8.45. The quantitative estimate of drug-likeness (QED) is 0.740. The molecule has 8 heteroatoms. The highest BCUT2D eigenvalue weighted by atomic mass is 32.2. The van der Waals surface area contributed by atoms with Gasteiger partial charge in [0.2, 0.25) is 15.9 Å². The Morgan fingerprint density at radius 2 is 1.71 bits per heavy atom. The summed E-state index contributed by atoms with van der Waals surface area (Å²) in [4.78, 5) is 30.2. The van der Waals surface area contributed by atoms with Crippen LogP contribution < -0.4 is 0 Å². The smallest absolute Gasteiger partial charge is 0.253 e.